The van der Waals surface area contributed by atoms with Crippen LogP contribution < -0.4 is 14.8 Å². The Morgan fingerprint density at radius 2 is 1.46 bits per heavy atom. The molecule has 0 saturated carbocycles. The van der Waals surface area contributed by atoms with Gasteiger partial charge in [0.2, 0.25) is 0 Å². The lowest BCUT2D eigenvalue weighted by Crippen LogP contribution is -2.26. The first kappa shape index (κ1) is 20.0. The van der Waals surface area contributed by atoms with Gasteiger partial charge in [-0.2, -0.15) is 0 Å². The number of ether oxygens (including phenoxy) is 2. The summed E-state index contributed by atoms with van der Waals surface area (Å²) in [6.45, 7) is 3.58. The quantitative estimate of drug-likeness (QED) is 0.516. The van der Waals surface area contributed by atoms with Gasteiger partial charge in [0.15, 0.2) is 11.5 Å². The van der Waals surface area contributed by atoms with Gasteiger partial charge in [0.25, 0.3) is 0 Å². The normalized spacial score (nSPS) is 11.8. The minimum absolute atomic E-state index is 0.445. The molecule has 1 atom stereocenters. The molecule has 28 heavy (non-hydrogen) atoms. The summed E-state index contributed by atoms with van der Waals surface area (Å²) >= 11 is 0. The van der Waals surface area contributed by atoms with Gasteiger partial charge in [0.05, 0.1) is 7.11 Å². The van der Waals surface area contributed by atoms with E-state index in [1.165, 1.54) is 11.1 Å². The summed E-state index contributed by atoms with van der Waals surface area (Å²) in [5.41, 5.74) is 3.72. The SMILES string of the molecule is COc1cc(CN[C@@H](C)CCc2ccccc2)ccc1OCc1ccccc1. The summed E-state index contributed by atoms with van der Waals surface area (Å²) in [5.74, 6) is 1.54. The van der Waals surface area contributed by atoms with Crippen LogP contribution in [0, 0.1) is 0 Å². The molecule has 1 N–H and O–H groups in total. The molecule has 3 aromatic rings. The molecule has 0 aliphatic rings. The van der Waals surface area contributed by atoms with E-state index >= 15 is 0 Å². The van der Waals surface area contributed by atoms with Crippen LogP contribution in [0.3, 0.4) is 0 Å². The van der Waals surface area contributed by atoms with Crippen LogP contribution in [-0.4, -0.2) is 13.2 Å². The number of benzene rings is 3. The largest absolute Gasteiger partial charge is 0.493 e. The van der Waals surface area contributed by atoms with E-state index < -0.39 is 0 Å². The fraction of sp³-hybridized carbons (Fsp3) is 0.280. The van der Waals surface area contributed by atoms with Crippen LogP contribution in [0.15, 0.2) is 78.9 Å². The van der Waals surface area contributed by atoms with E-state index in [2.05, 4.69) is 66.8 Å². The van der Waals surface area contributed by atoms with Gasteiger partial charge in [-0.05, 0) is 48.6 Å². The summed E-state index contributed by atoms with van der Waals surface area (Å²) in [6.07, 6.45) is 2.20. The molecule has 0 bridgehead atoms. The van der Waals surface area contributed by atoms with E-state index in [0.29, 0.717) is 12.6 Å². The highest BCUT2D eigenvalue weighted by Gasteiger charge is 2.08. The number of hydrogen-bond donors (Lipinski definition) is 1. The highest BCUT2D eigenvalue weighted by molar-refractivity contribution is 5.43. The van der Waals surface area contributed by atoms with Gasteiger partial charge in [-0.25, -0.2) is 0 Å². The maximum absolute atomic E-state index is 5.94. The van der Waals surface area contributed by atoms with E-state index in [1.54, 1.807) is 7.11 Å². The Morgan fingerprint density at radius 3 is 2.14 bits per heavy atom. The molecule has 0 spiro atoms. The molecule has 0 heterocycles. The van der Waals surface area contributed by atoms with Gasteiger partial charge >= 0.3 is 0 Å². The fourth-order valence-electron chi connectivity index (χ4n) is 3.10. The molecule has 146 valence electrons. The molecule has 3 nitrogen and oxygen atoms in total. The first-order valence-electron chi connectivity index (χ1n) is 9.85. The van der Waals surface area contributed by atoms with Crippen molar-refractivity contribution in [3.63, 3.8) is 0 Å². The first-order valence-corrected chi connectivity index (χ1v) is 9.85. The van der Waals surface area contributed by atoms with Crippen molar-refractivity contribution in [2.45, 2.75) is 39.0 Å². The summed E-state index contributed by atoms with van der Waals surface area (Å²) in [5, 5.41) is 3.60. The fourth-order valence-corrected chi connectivity index (χ4v) is 3.10. The maximum Gasteiger partial charge on any atom is 0.161 e. The predicted molar refractivity (Wildman–Crippen MR) is 115 cm³/mol. The van der Waals surface area contributed by atoms with Gasteiger partial charge in [0, 0.05) is 12.6 Å². The molecule has 0 unspecified atom stereocenters. The van der Waals surface area contributed by atoms with E-state index in [-0.39, 0.29) is 0 Å². The molecular weight excluding hydrogens is 346 g/mol. The second-order valence-corrected chi connectivity index (χ2v) is 7.07. The average molecular weight is 376 g/mol. The third-order valence-electron chi connectivity index (χ3n) is 4.83. The second-order valence-electron chi connectivity index (χ2n) is 7.07. The zero-order valence-electron chi connectivity index (χ0n) is 16.7. The van der Waals surface area contributed by atoms with Crippen molar-refractivity contribution in [1.29, 1.82) is 0 Å². The topological polar surface area (TPSA) is 30.5 Å². The van der Waals surface area contributed by atoms with Gasteiger partial charge in [0.1, 0.15) is 6.61 Å². The third kappa shape index (κ3) is 6.14. The Balaban J connectivity index is 1.50. The molecular formula is C25H29NO2. The second kappa shape index (κ2) is 10.5. The number of nitrogens with one attached hydrogen (secondary N) is 1. The van der Waals surface area contributed by atoms with Crippen LogP contribution in [0.1, 0.15) is 30.0 Å². The lowest BCUT2D eigenvalue weighted by Gasteiger charge is -2.16. The summed E-state index contributed by atoms with van der Waals surface area (Å²) in [6, 6.07) is 27.4. The van der Waals surface area contributed by atoms with Crippen molar-refractivity contribution in [2.24, 2.45) is 0 Å². The number of methoxy groups -OCH3 is 1. The standard InChI is InChI=1S/C25H29NO2/c1-20(13-14-21-9-5-3-6-10-21)26-18-23-15-16-24(25(17-23)27-2)28-19-22-11-7-4-8-12-22/h3-12,15-17,20,26H,13-14,18-19H2,1-2H3/t20-/m0/s1. The Labute approximate surface area is 168 Å². The Bertz CT molecular complexity index is 834. The number of rotatable bonds is 10. The minimum Gasteiger partial charge on any atom is -0.493 e. The number of aryl methyl sites for hydroxylation is 1. The molecule has 0 radical (unpaired) electrons. The molecule has 3 heteroatoms. The van der Waals surface area contributed by atoms with Crippen LogP contribution in [0.2, 0.25) is 0 Å². The third-order valence-corrected chi connectivity index (χ3v) is 4.83. The van der Waals surface area contributed by atoms with Crippen molar-refractivity contribution in [1.82, 2.24) is 5.32 Å². The lowest BCUT2D eigenvalue weighted by atomic mass is 10.1. The van der Waals surface area contributed by atoms with Gasteiger partial charge in [-0.1, -0.05) is 66.7 Å². The van der Waals surface area contributed by atoms with Crippen LogP contribution in [0.4, 0.5) is 0 Å². The monoisotopic (exact) mass is 375 g/mol. The summed E-state index contributed by atoms with van der Waals surface area (Å²) < 4.78 is 11.5. The predicted octanol–water partition coefficient (Wildman–Crippen LogP) is 5.39. The Hall–Kier alpha value is -2.78. The highest BCUT2D eigenvalue weighted by atomic mass is 16.5. The molecule has 0 aliphatic carbocycles. The van der Waals surface area contributed by atoms with E-state index in [1.807, 2.05) is 24.3 Å². The van der Waals surface area contributed by atoms with Crippen LogP contribution in [0.25, 0.3) is 0 Å². The molecule has 3 rings (SSSR count). The van der Waals surface area contributed by atoms with Crippen molar-refractivity contribution >= 4 is 0 Å². The smallest absolute Gasteiger partial charge is 0.161 e. The van der Waals surface area contributed by atoms with Gasteiger partial charge < -0.3 is 14.8 Å². The van der Waals surface area contributed by atoms with Gasteiger partial charge in [-0.3, -0.25) is 0 Å². The molecule has 3 aromatic carbocycles. The van der Waals surface area contributed by atoms with Crippen LogP contribution in [-0.2, 0) is 19.6 Å². The van der Waals surface area contributed by atoms with Crippen molar-refractivity contribution < 1.29 is 9.47 Å². The molecule has 0 saturated heterocycles. The van der Waals surface area contributed by atoms with Crippen molar-refractivity contribution in [3.8, 4) is 11.5 Å². The van der Waals surface area contributed by atoms with Crippen molar-refractivity contribution in [2.75, 3.05) is 7.11 Å². The summed E-state index contributed by atoms with van der Waals surface area (Å²) in [7, 11) is 1.68. The van der Waals surface area contributed by atoms with Crippen LogP contribution in [0.5, 0.6) is 11.5 Å². The van der Waals surface area contributed by atoms with E-state index in [4.69, 9.17) is 9.47 Å². The Morgan fingerprint density at radius 1 is 0.786 bits per heavy atom. The molecule has 0 fully saturated rings. The zero-order valence-corrected chi connectivity index (χ0v) is 16.7. The van der Waals surface area contributed by atoms with Gasteiger partial charge in [-0.15, -0.1) is 0 Å². The minimum atomic E-state index is 0.445. The molecule has 0 amide bonds. The first-order chi connectivity index (χ1) is 13.7. The maximum atomic E-state index is 5.94. The van der Waals surface area contributed by atoms with E-state index in [0.717, 1.165) is 36.4 Å². The number of hydrogen-bond acceptors (Lipinski definition) is 3. The Kier molecular flexibility index (Phi) is 7.51. The summed E-state index contributed by atoms with van der Waals surface area (Å²) in [4.78, 5) is 0. The molecule has 0 aliphatic heterocycles. The zero-order chi connectivity index (χ0) is 19.6. The van der Waals surface area contributed by atoms with E-state index in [9.17, 15) is 0 Å². The van der Waals surface area contributed by atoms with Crippen LogP contribution >= 0.6 is 0 Å². The lowest BCUT2D eigenvalue weighted by molar-refractivity contribution is 0.284. The average Bonchev–Trinajstić information content (AvgIpc) is 2.76. The molecule has 0 aromatic heterocycles. The highest BCUT2D eigenvalue weighted by Crippen LogP contribution is 2.29. The van der Waals surface area contributed by atoms with Crippen molar-refractivity contribution in [3.05, 3.63) is 95.6 Å².